The molecule has 0 aromatic heterocycles. The Morgan fingerprint density at radius 1 is 0.800 bits per heavy atom. The van der Waals surface area contributed by atoms with Gasteiger partial charge in [-0.25, -0.2) is 0 Å². The number of hydrogen-bond donors (Lipinski definition) is 0. The van der Waals surface area contributed by atoms with Crippen LogP contribution in [0.5, 0.6) is 5.75 Å². The second kappa shape index (κ2) is 6.73. The van der Waals surface area contributed by atoms with Crippen LogP contribution in [0.3, 0.4) is 0 Å². The molecule has 3 aromatic rings. The number of benzene rings is 3. The molecule has 0 amide bonds. The lowest BCUT2D eigenvalue weighted by Crippen LogP contribution is -2.32. The average Bonchev–Trinajstić information content (AvgIpc) is 3.15. The van der Waals surface area contributed by atoms with Gasteiger partial charge in [0, 0.05) is 12.5 Å². The number of rotatable bonds is 4. The van der Waals surface area contributed by atoms with E-state index in [0.29, 0.717) is 0 Å². The zero-order valence-corrected chi connectivity index (χ0v) is 14.4. The second-order valence-corrected chi connectivity index (χ2v) is 6.43. The van der Waals surface area contributed by atoms with E-state index in [4.69, 9.17) is 9.47 Å². The van der Waals surface area contributed by atoms with Crippen molar-refractivity contribution >= 4 is 0 Å². The van der Waals surface area contributed by atoms with Crippen molar-refractivity contribution in [3.05, 3.63) is 102 Å². The summed E-state index contributed by atoms with van der Waals surface area (Å²) >= 11 is 0. The van der Waals surface area contributed by atoms with Crippen molar-refractivity contribution in [1.29, 1.82) is 0 Å². The first kappa shape index (κ1) is 15.9. The monoisotopic (exact) mass is 330 g/mol. The van der Waals surface area contributed by atoms with Gasteiger partial charge in [-0.15, -0.1) is 0 Å². The minimum atomic E-state index is -0.463. The quantitative estimate of drug-likeness (QED) is 0.659. The van der Waals surface area contributed by atoms with Gasteiger partial charge in [0.15, 0.2) is 0 Å². The minimum Gasteiger partial charge on any atom is -0.497 e. The molecule has 1 aliphatic heterocycles. The lowest BCUT2D eigenvalue weighted by Gasteiger charge is -2.36. The number of ether oxygens (including phenoxy) is 2. The Hall–Kier alpha value is -2.58. The number of methoxy groups -OCH3 is 1. The smallest absolute Gasteiger partial charge is 0.125 e. The third-order valence-electron chi connectivity index (χ3n) is 5.15. The molecule has 4 rings (SSSR count). The highest BCUT2D eigenvalue weighted by Crippen LogP contribution is 2.51. The Bertz CT molecular complexity index is 812. The van der Waals surface area contributed by atoms with Crippen LogP contribution in [0.4, 0.5) is 0 Å². The summed E-state index contributed by atoms with van der Waals surface area (Å²) in [6.07, 6.45) is 1.00. The Labute approximate surface area is 149 Å². The van der Waals surface area contributed by atoms with Crippen LogP contribution in [0, 0.1) is 0 Å². The zero-order valence-electron chi connectivity index (χ0n) is 14.4. The van der Waals surface area contributed by atoms with Crippen molar-refractivity contribution in [2.75, 3.05) is 13.7 Å². The van der Waals surface area contributed by atoms with Gasteiger partial charge in [-0.2, -0.15) is 0 Å². The molecule has 1 fully saturated rings. The van der Waals surface area contributed by atoms with Gasteiger partial charge in [-0.3, -0.25) is 0 Å². The summed E-state index contributed by atoms with van der Waals surface area (Å²) in [7, 11) is 1.70. The summed E-state index contributed by atoms with van der Waals surface area (Å²) in [5.41, 5.74) is 3.23. The van der Waals surface area contributed by atoms with Crippen molar-refractivity contribution in [3.63, 3.8) is 0 Å². The van der Waals surface area contributed by atoms with Gasteiger partial charge in [0.25, 0.3) is 0 Å². The highest BCUT2D eigenvalue weighted by Gasteiger charge is 2.47. The third-order valence-corrected chi connectivity index (χ3v) is 5.15. The number of hydrogen-bond acceptors (Lipinski definition) is 2. The van der Waals surface area contributed by atoms with Crippen molar-refractivity contribution in [2.24, 2.45) is 0 Å². The van der Waals surface area contributed by atoms with E-state index < -0.39 is 5.60 Å². The first-order valence-electron chi connectivity index (χ1n) is 8.73. The molecule has 2 unspecified atom stereocenters. The lowest BCUT2D eigenvalue weighted by molar-refractivity contribution is 0.0262. The fraction of sp³-hybridized carbons (Fsp3) is 0.217. The predicted octanol–water partition coefficient (Wildman–Crippen LogP) is 5.14. The van der Waals surface area contributed by atoms with Gasteiger partial charge < -0.3 is 9.47 Å². The fourth-order valence-corrected chi connectivity index (χ4v) is 3.99. The van der Waals surface area contributed by atoms with E-state index in [1.807, 2.05) is 12.1 Å². The summed E-state index contributed by atoms with van der Waals surface area (Å²) in [5, 5.41) is 0. The second-order valence-electron chi connectivity index (χ2n) is 6.43. The van der Waals surface area contributed by atoms with E-state index in [1.54, 1.807) is 7.11 Å². The van der Waals surface area contributed by atoms with E-state index in [2.05, 4.69) is 72.8 Å². The zero-order chi connectivity index (χ0) is 17.1. The van der Waals surface area contributed by atoms with Crippen LogP contribution in [-0.2, 0) is 10.3 Å². The third kappa shape index (κ3) is 2.73. The molecule has 1 aliphatic rings. The molecule has 0 N–H and O–H groups in total. The first-order valence-corrected chi connectivity index (χ1v) is 8.73. The van der Waals surface area contributed by atoms with Crippen molar-refractivity contribution in [2.45, 2.75) is 17.9 Å². The van der Waals surface area contributed by atoms with Gasteiger partial charge in [0.1, 0.15) is 11.4 Å². The summed E-state index contributed by atoms with van der Waals surface area (Å²) in [6.45, 7) is 0.750. The van der Waals surface area contributed by atoms with Crippen LogP contribution in [0.25, 0.3) is 0 Å². The van der Waals surface area contributed by atoms with Gasteiger partial charge in [-0.1, -0.05) is 72.8 Å². The van der Waals surface area contributed by atoms with Gasteiger partial charge in [0.2, 0.25) is 0 Å². The largest absolute Gasteiger partial charge is 0.497 e. The molecular formula is C23H22O2. The van der Waals surface area contributed by atoms with Crippen molar-refractivity contribution < 1.29 is 9.47 Å². The predicted molar refractivity (Wildman–Crippen MR) is 100.0 cm³/mol. The van der Waals surface area contributed by atoms with Crippen LogP contribution in [-0.4, -0.2) is 13.7 Å². The molecule has 0 bridgehead atoms. The molecule has 25 heavy (non-hydrogen) atoms. The molecule has 1 saturated heterocycles. The van der Waals surface area contributed by atoms with E-state index in [1.165, 1.54) is 16.7 Å². The van der Waals surface area contributed by atoms with Gasteiger partial charge >= 0.3 is 0 Å². The van der Waals surface area contributed by atoms with Crippen LogP contribution in [0.1, 0.15) is 29.0 Å². The minimum absolute atomic E-state index is 0.282. The highest BCUT2D eigenvalue weighted by molar-refractivity contribution is 5.45. The van der Waals surface area contributed by atoms with Crippen LogP contribution < -0.4 is 4.74 Å². The average molecular weight is 330 g/mol. The van der Waals surface area contributed by atoms with E-state index in [-0.39, 0.29) is 5.92 Å². The fourth-order valence-electron chi connectivity index (χ4n) is 3.99. The van der Waals surface area contributed by atoms with Gasteiger partial charge in [0.05, 0.1) is 7.11 Å². The summed E-state index contributed by atoms with van der Waals surface area (Å²) in [6, 6.07) is 29.6. The van der Waals surface area contributed by atoms with E-state index in [0.717, 1.165) is 18.8 Å². The molecule has 0 saturated carbocycles. The lowest BCUT2D eigenvalue weighted by atomic mass is 9.73. The Kier molecular flexibility index (Phi) is 4.29. The van der Waals surface area contributed by atoms with E-state index >= 15 is 0 Å². The van der Waals surface area contributed by atoms with Crippen LogP contribution in [0.15, 0.2) is 84.9 Å². The van der Waals surface area contributed by atoms with Crippen molar-refractivity contribution in [3.8, 4) is 5.75 Å². The molecule has 0 radical (unpaired) electrons. The maximum Gasteiger partial charge on any atom is 0.125 e. The molecule has 2 heteroatoms. The van der Waals surface area contributed by atoms with Crippen molar-refractivity contribution in [1.82, 2.24) is 0 Å². The topological polar surface area (TPSA) is 18.5 Å². The molecule has 2 atom stereocenters. The molecule has 1 heterocycles. The normalized spacial score (nSPS) is 22.7. The molecule has 0 spiro atoms. The molecule has 126 valence electrons. The SMILES string of the molecule is COc1ccc(C2(c3ccccc3)OCCC2c2ccccc2)cc1. The van der Waals surface area contributed by atoms with Crippen LogP contribution >= 0.6 is 0 Å². The molecule has 0 aliphatic carbocycles. The Balaban J connectivity index is 1.89. The summed E-state index contributed by atoms with van der Waals surface area (Å²) in [5.74, 6) is 1.14. The van der Waals surface area contributed by atoms with E-state index in [9.17, 15) is 0 Å². The van der Waals surface area contributed by atoms with Gasteiger partial charge in [-0.05, 0) is 35.2 Å². The first-order chi connectivity index (χ1) is 12.3. The maximum absolute atomic E-state index is 6.51. The molecular weight excluding hydrogens is 308 g/mol. The van der Waals surface area contributed by atoms with Crippen LogP contribution in [0.2, 0.25) is 0 Å². The Morgan fingerprint density at radius 3 is 2.04 bits per heavy atom. The summed E-state index contributed by atoms with van der Waals surface area (Å²) in [4.78, 5) is 0. The standard InChI is InChI=1S/C23H22O2/c1-24-21-14-12-20(13-15-21)23(19-10-6-3-7-11-19)22(16-17-25-23)18-8-4-2-5-9-18/h2-15,22H,16-17H2,1H3. The maximum atomic E-state index is 6.51. The summed E-state index contributed by atoms with van der Waals surface area (Å²) < 4.78 is 11.9. The molecule has 3 aromatic carbocycles. The molecule has 2 nitrogen and oxygen atoms in total. The Morgan fingerprint density at radius 2 is 1.40 bits per heavy atom. The highest BCUT2D eigenvalue weighted by atomic mass is 16.5.